The van der Waals surface area contributed by atoms with E-state index in [1.165, 1.54) is 0 Å². The van der Waals surface area contributed by atoms with Crippen molar-refractivity contribution in [1.29, 1.82) is 0 Å². The molecule has 0 N–H and O–H groups in total. The lowest BCUT2D eigenvalue weighted by molar-refractivity contribution is 0.0697. The summed E-state index contributed by atoms with van der Waals surface area (Å²) in [6.45, 7) is 3.50. The second-order valence-electron chi connectivity index (χ2n) is 5.41. The van der Waals surface area contributed by atoms with Crippen LogP contribution in [-0.4, -0.2) is 34.3 Å². The molecule has 1 aliphatic heterocycles. The summed E-state index contributed by atoms with van der Waals surface area (Å²) in [6, 6.07) is 9.77. The van der Waals surface area contributed by atoms with Crippen LogP contribution in [0.1, 0.15) is 23.8 Å². The molecule has 0 bridgehead atoms. The van der Waals surface area contributed by atoms with Crippen LogP contribution in [0.4, 0.5) is 0 Å². The molecule has 3 nitrogen and oxygen atoms in total. The quantitative estimate of drug-likeness (QED) is 0.754. The van der Waals surface area contributed by atoms with Crippen LogP contribution < -0.4 is 0 Å². The number of piperidine rings is 1. The molecule has 1 aromatic carbocycles. The Kier molecular flexibility index (Phi) is 3.62. The van der Waals surface area contributed by atoms with E-state index in [1.807, 2.05) is 35.2 Å². The molecule has 0 aliphatic carbocycles. The number of hydrogen-bond donors (Lipinski definition) is 0. The molecule has 4 heteroatoms. The van der Waals surface area contributed by atoms with E-state index in [2.05, 4.69) is 11.9 Å². The molecule has 2 atom stereocenters. The van der Waals surface area contributed by atoms with E-state index in [4.69, 9.17) is 11.6 Å². The molecule has 20 heavy (non-hydrogen) atoms. The Labute approximate surface area is 123 Å². The Balaban J connectivity index is 1.93. The second-order valence-corrected chi connectivity index (χ2v) is 5.97. The van der Waals surface area contributed by atoms with Crippen molar-refractivity contribution in [3.05, 3.63) is 42.2 Å². The van der Waals surface area contributed by atoms with E-state index in [1.54, 1.807) is 6.20 Å². The molecule has 1 amide bonds. The third-order valence-corrected chi connectivity index (χ3v) is 4.60. The van der Waals surface area contributed by atoms with Crippen molar-refractivity contribution in [2.24, 2.45) is 5.92 Å². The molecule has 2 heterocycles. The molecule has 2 aromatic rings. The molecule has 1 aromatic heterocycles. The maximum Gasteiger partial charge on any atom is 0.273 e. The first kappa shape index (κ1) is 13.4. The molecular formula is C16H17ClN2O. The monoisotopic (exact) mass is 288 g/mol. The van der Waals surface area contributed by atoms with Gasteiger partial charge in [0.2, 0.25) is 0 Å². The third-order valence-electron chi connectivity index (χ3n) is 4.03. The van der Waals surface area contributed by atoms with Gasteiger partial charge >= 0.3 is 0 Å². The highest BCUT2D eigenvalue weighted by molar-refractivity contribution is 6.21. The van der Waals surface area contributed by atoms with E-state index in [-0.39, 0.29) is 11.3 Å². The summed E-state index contributed by atoms with van der Waals surface area (Å²) in [4.78, 5) is 18.8. The molecule has 2 unspecified atom stereocenters. The summed E-state index contributed by atoms with van der Waals surface area (Å²) >= 11 is 6.30. The molecule has 1 saturated heterocycles. The van der Waals surface area contributed by atoms with Gasteiger partial charge in [0.25, 0.3) is 5.91 Å². The zero-order valence-corrected chi connectivity index (χ0v) is 12.2. The maximum absolute atomic E-state index is 12.7. The first-order valence-corrected chi connectivity index (χ1v) is 7.37. The van der Waals surface area contributed by atoms with Gasteiger partial charge in [-0.3, -0.25) is 9.78 Å². The predicted molar refractivity (Wildman–Crippen MR) is 81.1 cm³/mol. The molecule has 3 rings (SSSR count). The van der Waals surface area contributed by atoms with Gasteiger partial charge in [-0.1, -0.05) is 31.2 Å². The largest absolute Gasteiger partial charge is 0.336 e. The van der Waals surface area contributed by atoms with Crippen molar-refractivity contribution in [3.63, 3.8) is 0 Å². The summed E-state index contributed by atoms with van der Waals surface area (Å²) in [5.41, 5.74) is 0.529. The maximum atomic E-state index is 12.7. The minimum atomic E-state index is -0.0145. The fourth-order valence-corrected chi connectivity index (χ4v) is 2.94. The zero-order chi connectivity index (χ0) is 14.1. The lowest BCUT2D eigenvalue weighted by Crippen LogP contribution is -2.44. The molecule has 104 valence electrons. The number of halogens is 1. The Morgan fingerprint density at radius 2 is 2.15 bits per heavy atom. The van der Waals surface area contributed by atoms with Gasteiger partial charge in [0.05, 0.1) is 5.38 Å². The Morgan fingerprint density at radius 3 is 2.95 bits per heavy atom. The van der Waals surface area contributed by atoms with Crippen LogP contribution in [0.3, 0.4) is 0 Å². The summed E-state index contributed by atoms with van der Waals surface area (Å²) < 4.78 is 0. The number of carbonyl (C=O) groups is 1. The van der Waals surface area contributed by atoms with Gasteiger partial charge in [-0.05, 0) is 23.8 Å². The number of hydrogen-bond acceptors (Lipinski definition) is 2. The van der Waals surface area contributed by atoms with Crippen molar-refractivity contribution < 1.29 is 4.79 Å². The molecular weight excluding hydrogens is 272 g/mol. The van der Waals surface area contributed by atoms with E-state index in [0.717, 1.165) is 23.7 Å². The Morgan fingerprint density at radius 1 is 1.35 bits per heavy atom. The van der Waals surface area contributed by atoms with Crippen LogP contribution in [0.25, 0.3) is 10.8 Å². The number of amides is 1. The number of alkyl halides is 1. The standard InChI is InChI=1S/C16H17ClN2O/c1-11-7-9-19(10-14(11)17)16(20)15-13-5-3-2-4-12(13)6-8-18-15/h2-6,8,11,14H,7,9-10H2,1H3. The molecule has 1 aliphatic rings. The minimum absolute atomic E-state index is 0.0145. The van der Waals surface area contributed by atoms with Crippen LogP contribution in [-0.2, 0) is 0 Å². The lowest BCUT2D eigenvalue weighted by Gasteiger charge is -2.33. The fourth-order valence-electron chi connectivity index (χ4n) is 2.65. The van der Waals surface area contributed by atoms with Crippen LogP contribution >= 0.6 is 11.6 Å². The predicted octanol–water partition coefficient (Wildman–Crippen LogP) is 3.32. The number of benzene rings is 1. The molecule has 0 saturated carbocycles. The van der Waals surface area contributed by atoms with Crippen LogP contribution in [0, 0.1) is 5.92 Å². The van der Waals surface area contributed by atoms with Crippen LogP contribution in [0.2, 0.25) is 0 Å². The summed E-state index contributed by atoms with van der Waals surface area (Å²) in [7, 11) is 0. The number of pyridine rings is 1. The van der Waals surface area contributed by atoms with Crippen LogP contribution in [0.15, 0.2) is 36.5 Å². The Hall–Kier alpha value is -1.61. The average Bonchev–Trinajstić information content (AvgIpc) is 2.49. The van der Waals surface area contributed by atoms with Gasteiger partial charge in [0.1, 0.15) is 5.69 Å². The van der Waals surface area contributed by atoms with E-state index in [0.29, 0.717) is 18.2 Å². The number of fused-ring (bicyclic) bond motifs is 1. The van der Waals surface area contributed by atoms with Gasteiger partial charge < -0.3 is 4.90 Å². The third kappa shape index (κ3) is 2.38. The summed E-state index contributed by atoms with van der Waals surface area (Å²) in [5.74, 6) is 0.445. The number of rotatable bonds is 1. The summed E-state index contributed by atoms with van der Waals surface area (Å²) in [6.07, 6.45) is 2.64. The van der Waals surface area contributed by atoms with Crippen molar-refractivity contribution in [3.8, 4) is 0 Å². The van der Waals surface area contributed by atoms with E-state index in [9.17, 15) is 4.79 Å². The summed E-state index contributed by atoms with van der Waals surface area (Å²) in [5, 5.41) is 1.98. The fraction of sp³-hybridized carbons (Fsp3) is 0.375. The van der Waals surface area contributed by atoms with E-state index < -0.39 is 0 Å². The SMILES string of the molecule is CC1CCN(C(=O)c2nccc3ccccc23)CC1Cl. The molecule has 0 radical (unpaired) electrons. The van der Waals surface area contributed by atoms with Crippen molar-refractivity contribution in [1.82, 2.24) is 9.88 Å². The first-order chi connectivity index (χ1) is 9.66. The average molecular weight is 289 g/mol. The lowest BCUT2D eigenvalue weighted by atomic mass is 9.98. The van der Waals surface area contributed by atoms with Gasteiger partial charge in [-0.25, -0.2) is 0 Å². The van der Waals surface area contributed by atoms with Crippen molar-refractivity contribution in [2.45, 2.75) is 18.7 Å². The highest BCUT2D eigenvalue weighted by Gasteiger charge is 2.29. The number of nitrogens with zero attached hydrogens (tertiary/aromatic N) is 2. The molecule has 0 spiro atoms. The minimum Gasteiger partial charge on any atom is -0.336 e. The van der Waals surface area contributed by atoms with Crippen LogP contribution in [0.5, 0.6) is 0 Å². The van der Waals surface area contributed by atoms with Crippen molar-refractivity contribution >= 4 is 28.3 Å². The normalized spacial score (nSPS) is 23.0. The van der Waals surface area contributed by atoms with Crippen molar-refractivity contribution in [2.75, 3.05) is 13.1 Å². The number of aromatic nitrogens is 1. The van der Waals surface area contributed by atoms with Gasteiger partial charge in [0, 0.05) is 24.7 Å². The first-order valence-electron chi connectivity index (χ1n) is 6.94. The second kappa shape index (κ2) is 5.41. The smallest absolute Gasteiger partial charge is 0.273 e. The number of likely N-dealkylation sites (tertiary alicyclic amines) is 1. The van der Waals surface area contributed by atoms with E-state index >= 15 is 0 Å². The van der Waals surface area contributed by atoms with Gasteiger partial charge in [0.15, 0.2) is 0 Å². The highest BCUT2D eigenvalue weighted by Crippen LogP contribution is 2.24. The van der Waals surface area contributed by atoms with Gasteiger partial charge in [-0.2, -0.15) is 0 Å². The Bertz CT molecular complexity index is 638. The topological polar surface area (TPSA) is 33.2 Å². The van der Waals surface area contributed by atoms with Gasteiger partial charge in [-0.15, -0.1) is 11.6 Å². The molecule has 1 fully saturated rings. The number of carbonyl (C=O) groups excluding carboxylic acids is 1. The highest BCUT2D eigenvalue weighted by atomic mass is 35.5. The zero-order valence-electron chi connectivity index (χ0n) is 11.4.